The lowest BCUT2D eigenvalue weighted by Crippen LogP contribution is -2.62. The lowest BCUT2D eigenvalue weighted by molar-refractivity contribution is -0.253. The maximum atomic E-state index is 12.9. The average molecular weight is 903 g/mol. The summed E-state index contributed by atoms with van der Waals surface area (Å²) in [6.45, 7) is 6.51. The number of aliphatic hydroxyl groups is 1. The van der Waals surface area contributed by atoms with Gasteiger partial charge in [-0.1, -0.05) is 60.7 Å². The first-order chi connectivity index (χ1) is 30.7. The van der Waals surface area contributed by atoms with E-state index >= 15 is 0 Å². The van der Waals surface area contributed by atoms with Crippen LogP contribution in [0.5, 0.6) is 0 Å². The fourth-order valence-corrected chi connectivity index (χ4v) is 9.04. The standard InChI is InChI=1S/C46H54N4O13S/c1-26(52)57-25-40-43(59-28(3)54)44(60-29(4)55)42(58-27(2)53)39(62-40)22-41(64)47-33-9-7-8-32(20-33)45-61-35(21-38(63-45)31-14-12-30(24-51)13-15-31)23-49-18-16-34(17-19-49)50-37-11-6-5-10-36(37)48-46(50)56/h5-15,20,34-35,38-40,42-45,51H,16-19,21-25H2,1-4H3,(H,47,64)(H,48,56)/t35-,38+,39-,40+,42-,43+,44+,45?/m0/s1. The van der Waals surface area contributed by atoms with Gasteiger partial charge in [-0.05, 0) is 48.2 Å². The summed E-state index contributed by atoms with van der Waals surface area (Å²) in [5, 5.41) is 12.9. The Kier molecular flexibility index (Phi) is 15.3. The van der Waals surface area contributed by atoms with Crippen molar-refractivity contribution in [1.82, 2.24) is 14.5 Å². The molecule has 4 aromatic rings. The van der Waals surface area contributed by atoms with Gasteiger partial charge < -0.3 is 53.5 Å². The molecule has 3 aromatic carbocycles. The number of imidazole rings is 1. The number of H-pyrrole nitrogens is 1. The van der Waals surface area contributed by atoms with Gasteiger partial charge in [-0.25, -0.2) is 4.79 Å². The Bertz CT molecular complexity index is 2360. The number of carbonyl (C=O) groups is 4. The highest BCUT2D eigenvalue weighted by Gasteiger charge is 2.52. The van der Waals surface area contributed by atoms with Crippen molar-refractivity contribution in [3.8, 4) is 0 Å². The zero-order valence-corrected chi connectivity index (χ0v) is 37.0. The van der Waals surface area contributed by atoms with Gasteiger partial charge in [-0.2, -0.15) is 0 Å². The zero-order valence-electron chi connectivity index (χ0n) is 36.1. The molecular formula is C46H54N4O13S. The van der Waals surface area contributed by atoms with E-state index in [2.05, 4.69) is 15.2 Å². The highest BCUT2D eigenvalue weighted by Crippen LogP contribution is 2.39. The van der Waals surface area contributed by atoms with Gasteiger partial charge in [0, 0.05) is 77.5 Å². The van der Waals surface area contributed by atoms with Crippen LogP contribution in [0.2, 0.25) is 0 Å². The molecule has 3 saturated heterocycles. The van der Waals surface area contributed by atoms with Crippen LogP contribution in [0.15, 0.2) is 77.6 Å². The van der Waals surface area contributed by atoms with Crippen LogP contribution in [0.1, 0.15) is 88.5 Å². The minimum absolute atomic E-state index is 0.0469. The van der Waals surface area contributed by atoms with Crippen LogP contribution in [-0.4, -0.2) is 111 Å². The quantitative estimate of drug-likeness (QED) is 0.0869. The van der Waals surface area contributed by atoms with Gasteiger partial charge in [-0.3, -0.25) is 23.7 Å². The van der Waals surface area contributed by atoms with Gasteiger partial charge in [-0.15, -0.1) is 0 Å². The topological polar surface area (TPSA) is 206 Å². The number of esters is 4. The van der Waals surface area contributed by atoms with Crippen molar-refractivity contribution < 1.29 is 57.4 Å². The Morgan fingerprint density at radius 3 is 2.14 bits per heavy atom. The summed E-state index contributed by atoms with van der Waals surface area (Å²) in [5.41, 5.74) is 4.71. The van der Waals surface area contributed by atoms with Crippen LogP contribution in [0.3, 0.4) is 0 Å². The summed E-state index contributed by atoms with van der Waals surface area (Å²) in [4.78, 5) is 67.2. The van der Waals surface area contributed by atoms with Crippen molar-refractivity contribution in [2.45, 2.75) is 115 Å². The van der Waals surface area contributed by atoms with Crippen LogP contribution in [0.25, 0.3) is 11.0 Å². The molecule has 7 rings (SSSR count). The lowest BCUT2D eigenvalue weighted by Gasteiger charge is -2.44. The third-order valence-electron chi connectivity index (χ3n) is 11.5. The van der Waals surface area contributed by atoms with Crippen molar-refractivity contribution in [2.75, 3.05) is 31.6 Å². The Morgan fingerprint density at radius 1 is 0.797 bits per heavy atom. The predicted octanol–water partition coefficient (Wildman–Crippen LogP) is 4.96. The third-order valence-corrected chi connectivity index (χ3v) is 11.8. The molecule has 4 heterocycles. The number of nitrogens with zero attached hydrogens (tertiary/aromatic N) is 2. The second-order valence-electron chi connectivity index (χ2n) is 16.3. The SMILES string of the molecule is CC(=O)OC[C@H]1O[C@@H](CC(=S)Nc2cccc(C3O[C@H](CN4CCC(n5c(=O)[nH]c6ccccc65)CC4)C[C@H](c4ccc(CO)cc4)O3)c2)[C@H](OC(C)=O)[C@@H](OC(C)=O)[C@@H]1OC(C)=O. The summed E-state index contributed by atoms with van der Waals surface area (Å²) >= 11 is 5.81. The van der Waals surface area contributed by atoms with Crippen molar-refractivity contribution in [1.29, 1.82) is 0 Å². The molecule has 3 N–H and O–H groups in total. The zero-order chi connectivity index (χ0) is 45.5. The summed E-state index contributed by atoms with van der Waals surface area (Å²) in [6, 6.07) is 22.9. The molecule has 18 heteroatoms. The number of hydrogen-bond acceptors (Lipinski definition) is 15. The van der Waals surface area contributed by atoms with Crippen molar-refractivity contribution in [2.24, 2.45) is 0 Å². The van der Waals surface area contributed by atoms with Gasteiger partial charge in [0.1, 0.15) is 18.8 Å². The number of rotatable bonds is 14. The van der Waals surface area contributed by atoms with Gasteiger partial charge >= 0.3 is 29.6 Å². The molecule has 0 bridgehead atoms. The van der Waals surface area contributed by atoms with Crippen LogP contribution < -0.4 is 11.0 Å². The smallest absolute Gasteiger partial charge is 0.326 e. The molecule has 0 amide bonds. The number of piperidine rings is 1. The summed E-state index contributed by atoms with van der Waals surface area (Å²) < 4.78 is 43.4. The predicted molar refractivity (Wildman–Crippen MR) is 235 cm³/mol. The van der Waals surface area contributed by atoms with Crippen LogP contribution >= 0.6 is 12.2 Å². The van der Waals surface area contributed by atoms with Crippen LogP contribution in [0.4, 0.5) is 5.69 Å². The number of aliphatic hydroxyl groups excluding tert-OH is 1. The number of benzene rings is 3. The van der Waals surface area contributed by atoms with Crippen LogP contribution in [0, 0.1) is 0 Å². The molecule has 1 unspecified atom stereocenters. The number of carbonyl (C=O) groups excluding carboxylic acids is 4. The molecule has 8 atom stereocenters. The molecule has 3 aliphatic heterocycles. The van der Waals surface area contributed by atoms with Gasteiger partial charge in [0.15, 0.2) is 24.6 Å². The summed E-state index contributed by atoms with van der Waals surface area (Å²) in [7, 11) is 0. The van der Waals surface area contributed by atoms with E-state index in [1.165, 1.54) is 13.8 Å². The largest absolute Gasteiger partial charge is 0.463 e. The number of ether oxygens (including phenoxy) is 7. The van der Waals surface area contributed by atoms with Gasteiger partial charge in [0.2, 0.25) is 0 Å². The van der Waals surface area contributed by atoms with E-state index in [0.29, 0.717) is 18.7 Å². The number of para-hydroxylation sites is 2. The van der Waals surface area contributed by atoms with Gasteiger partial charge in [0.05, 0.1) is 34.8 Å². The van der Waals surface area contributed by atoms with Crippen LogP contribution in [-0.2, 0) is 58.9 Å². The number of hydrogen-bond donors (Lipinski definition) is 3. The first-order valence-electron chi connectivity index (χ1n) is 21.4. The number of anilines is 1. The molecular weight excluding hydrogens is 849 g/mol. The van der Waals surface area contributed by atoms with E-state index in [1.54, 1.807) is 0 Å². The summed E-state index contributed by atoms with van der Waals surface area (Å²) in [5.74, 6) is -2.77. The molecule has 17 nitrogen and oxygen atoms in total. The number of aromatic amines is 1. The number of aromatic nitrogens is 2. The van der Waals surface area contributed by atoms with E-state index in [-0.39, 0.29) is 48.6 Å². The van der Waals surface area contributed by atoms with E-state index in [0.717, 1.165) is 67.5 Å². The second kappa shape index (κ2) is 21.0. The average Bonchev–Trinajstić information content (AvgIpc) is 3.60. The minimum Gasteiger partial charge on any atom is -0.463 e. The van der Waals surface area contributed by atoms with Crippen molar-refractivity contribution >= 4 is 57.8 Å². The van der Waals surface area contributed by atoms with Crippen molar-refractivity contribution in [3.63, 3.8) is 0 Å². The first-order valence-corrected chi connectivity index (χ1v) is 21.8. The molecule has 0 aliphatic carbocycles. The van der Waals surface area contributed by atoms with Crippen molar-refractivity contribution in [3.05, 3.63) is 100.0 Å². The Labute approximate surface area is 375 Å². The van der Waals surface area contributed by atoms with E-state index in [1.807, 2.05) is 77.4 Å². The number of nitrogens with one attached hydrogen (secondary N) is 2. The van der Waals surface area contributed by atoms with E-state index in [9.17, 15) is 29.1 Å². The monoisotopic (exact) mass is 902 g/mol. The molecule has 0 spiro atoms. The third kappa shape index (κ3) is 11.6. The van der Waals surface area contributed by atoms with Gasteiger partial charge in [0.25, 0.3) is 0 Å². The molecule has 64 heavy (non-hydrogen) atoms. The first kappa shape index (κ1) is 46.5. The highest BCUT2D eigenvalue weighted by atomic mass is 32.1. The highest BCUT2D eigenvalue weighted by molar-refractivity contribution is 7.80. The molecule has 342 valence electrons. The molecule has 0 saturated carbocycles. The normalized spacial score (nSPS) is 25.3. The second-order valence-corrected chi connectivity index (χ2v) is 16.8. The molecule has 3 aliphatic rings. The fourth-order valence-electron chi connectivity index (χ4n) is 8.76. The number of thiocarbonyl (C=S) groups is 1. The Morgan fingerprint density at radius 2 is 1.47 bits per heavy atom. The lowest BCUT2D eigenvalue weighted by atomic mass is 9.92. The summed E-state index contributed by atoms with van der Waals surface area (Å²) in [6.07, 6.45) is -5.10. The Balaban J connectivity index is 1.06. The maximum Gasteiger partial charge on any atom is 0.326 e. The molecule has 1 aromatic heterocycles. The molecule has 3 fully saturated rings. The van der Waals surface area contributed by atoms with E-state index in [4.69, 9.17) is 45.4 Å². The number of likely N-dealkylation sites (tertiary alicyclic amines) is 1. The molecule has 0 radical (unpaired) electrons. The maximum absolute atomic E-state index is 12.9. The van der Waals surface area contributed by atoms with E-state index < -0.39 is 60.7 Å². The number of fused-ring (bicyclic) bond motifs is 1. The Hall–Kier alpha value is -5.50. The minimum atomic E-state index is -1.31. The fraction of sp³-hybridized carbons (Fsp3) is 0.478.